The number of halogens is 2. The fourth-order valence-electron chi connectivity index (χ4n) is 3.53. The summed E-state index contributed by atoms with van der Waals surface area (Å²) in [6, 6.07) is 17.6. The van der Waals surface area contributed by atoms with Gasteiger partial charge in [-0.15, -0.1) is 0 Å². The molecule has 0 saturated heterocycles. The second kappa shape index (κ2) is 8.69. The van der Waals surface area contributed by atoms with Crippen molar-refractivity contribution in [2.24, 2.45) is 0 Å². The maximum absolute atomic E-state index is 13.5. The Morgan fingerprint density at radius 1 is 0.875 bits per heavy atom. The lowest BCUT2D eigenvalue weighted by molar-refractivity contribution is -0.120. The van der Waals surface area contributed by atoms with Gasteiger partial charge < -0.3 is 10.1 Å². The Kier molecular flexibility index (Phi) is 5.96. The molecule has 1 heterocycles. The summed E-state index contributed by atoms with van der Waals surface area (Å²) < 4.78 is 5.19. The Bertz CT molecular complexity index is 1270. The molecule has 7 heteroatoms. The van der Waals surface area contributed by atoms with E-state index in [-0.39, 0.29) is 11.3 Å². The summed E-state index contributed by atoms with van der Waals surface area (Å²) in [5.74, 6) is -0.470. The Balaban J connectivity index is 1.84. The lowest BCUT2D eigenvalue weighted by Gasteiger charge is -2.17. The number of methoxy groups -OCH3 is 1. The Morgan fingerprint density at radius 3 is 2.25 bits per heavy atom. The molecule has 0 aliphatic carbocycles. The summed E-state index contributed by atoms with van der Waals surface area (Å²) in [6.07, 6.45) is 0. The normalized spacial score (nSPS) is 13.7. The van der Waals surface area contributed by atoms with Gasteiger partial charge in [-0.2, -0.15) is 0 Å². The molecule has 32 heavy (non-hydrogen) atoms. The third kappa shape index (κ3) is 3.97. The number of aryl methyl sites for hydroxylation is 2. The standard InChI is InChI=1S/C25H20Cl2N2O3/c1-14-4-7-16(8-5-14)22-23(28-20-12-17(26)9-6-15(20)2)25(31)29(24(22)30)18-10-11-21(32-3)19(27)13-18/h4-13,28H,1-3H3. The molecule has 5 nitrogen and oxygen atoms in total. The van der Waals surface area contributed by atoms with Gasteiger partial charge in [-0.3, -0.25) is 9.59 Å². The minimum Gasteiger partial charge on any atom is -0.495 e. The minimum atomic E-state index is -0.480. The first kappa shape index (κ1) is 21.9. The number of carbonyl (C=O) groups excluding carboxylic acids is 2. The number of nitrogens with zero attached hydrogens (tertiary/aromatic N) is 1. The number of anilines is 2. The molecule has 0 saturated carbocycles. The van der Waals surface area contributed by atoms with Crippen molar-refractivity contribution in [3.63, 3.8) is 0 Å². The molecule has 0 unspecified atom stereocenters. The van der Waals surface area contributed by atoms with E-state index in [1.54, 1.807) is 24.3 Å². The Morgan fingerprint density at radius 2 is 1.59 bits per heavy atom. The first-order valence-corrected chi connectivity index (χ1v) is 10.6. The second-order valence-corrected chi connectivity index (χ2v) is 8.31. The molecule has 0 spiro atoms. The average Bonchev–Trinajstić information content (AvgIpc) is 3.01. The van der Waals surface area contributed by atoms with E-state index in [1.165, 1.54) is 13.2 Å². The average molecular weight is 467 g/mol. The number of nitrogens with one attached hydrogen (secondary N) is 1. The summed E-state index contributed by atoms with van der Waals surface area (Å²) >= 11 is 12.4. The van der Waals surface area contributed by atoms with Crippen LogP contribution in [0.3, 0.4) is 0 Å². The number of benzene rings is 3. The van der Waals surface area contributed by atoms with Crippen molar-refractivity contribution in [1.29, 1.82) is 0 Å². The topological polar surface area (TPSA) is 58.6 Å². The van der Waals surface area contributed by atoms with E-state index < -0.39 is 11.8 Å². The van der Waals surface area contributed by atoms with Gasteiger partial charge in [0.25, 0.3) is 11.8 Å². The third-order valence-corrected chi connectivity index (χ3v) is 5.81. The lowest BCUT2D eigenvalue weighted by Crippen LogP contribution is -2.32. The molecule has 162 valence electrons. The van der Waals surface area contributed by atoms with Crippen LogP contribution in [-0.2, 0) is 9.59 Å². The highest BCUT2D eigenvalue weighted by atomic mass is 35.5. The predicted octanol–water partition coefficient (Wildman–Crippen LogP) is 6.02. The number of ether oxygens (including phenoxy) is 1. The van der Waals surface area contributed by atoms with Crippen molar-refractivity contribution in [3.8, 4) is 5.75 Å². The molecule has 0 radical (unpaired) electrons. The van der Waals surface area contributed by atoms with Crippen molar-refractivity contribution in [1.82, 2.24) is 0 Å². The van der Waals surface area contributed by atoms with Crippen molar-refractivity contribution >= 4 is 52.0 Å². The number of carbonyl (C=O) groups is 2. The van der Waals surface area contributed by atoms with E-state index in [9.17, 15) is 9.59 Å². The van der Waals surface area contributed by atoms with Crippen LogP contribution >= 0.6 is 23.2 Å². The fraction of sp³-hybridized carbons (Fsp3) is 0.120. The molecule has 3 aromatic rings. The molecule has 1 aliphatic rings. The van der Waals surface area contributed by atoms with Crippen LogP contribution in [0.5, 0.6) is 5.75 Å². The zero-order valence-electron chi connectivity index (χ0n) is 17.7. The van der Waals surface area contributed by atoms with Crippen LogP contribution in [0.2, 0.25) is 10.0 Å². The van der Waals surface area contributed by atoms with Gasteiger partial charge in [0.15, 0.2) is 0 Å². The van der Waals surface area contributed by atoms with Crippen LogP contribution in [-0.4, -0.2) is 18.9 Å². The summed E-state index contributed by atoms with van der Waals surface area (Å²) in [4.78, 5) is 28.2. The monoisotopic (exact) mass is 466 g/mol. The molecule has 3 aromatic carbocycles. The zero-order chi connectivity index (χ0) is 23.0. The van der Waals surface area contributed by atoms with Crippen LogP contribution in [0.1, 0.15) is 16.7 Å². The zero-order valence-corrected chi connectivity index (χ0v) is 19.2. The molecule has 1 N–H and O–H groups in total. The Labute approximate surface area is 196 Å². The first-order valence-electron chi connectivity index (χ1n) is 9.87. The van der Waals surface area contributed by atoms with Gasteiger partial charge in [-0.05, 0) is 55.3 Å². The fourth-order valence-corrected chi connectivity index (χ4v) is 3.95. The van der Waals surface area contributed by atoms with Gasteiger partial charge in [-0.1, -0.05) is 59.1 Å². The highest BCUT2D eigenvalue weighted by Crippen LogP contribution is 2.37. The smallest absolute Gasteiger partial charge is 0.282 e. The van der Waals surface area contributed by atoms with E-state index >= 15 is 0 Å². The van der Waals surface area contributed by atoms with Crippen LogP contribution in [0, 0.1) is 13.8 Å². The number of amides is 2. The van der Waals surface area contributed by atoms with Crippen molar-refractivity contribution < 1.29 is 14.3 Å². The van der Waals surface area contributed by atoms with Gasteiger partial charge in [-0.25, -0.2) is 4.90 Å². The summed E-state index contributed by atoms with van der Waals surface area (Å²) in [5, 5.41) is 3.98. The highest BCUT2D eigenvalue weighted by Gasteiger charge is 2.40. The second-order valence-electron chi connectivity index (χ2n) is 7.46. The molecule has 0 fully saturated rings. The molecular formula is C25H20Cl2N2O3. The largest absolute Gasteiger partial charge is 0.495 e. The molecule has 4 rings (SSSR count). The number of hydrogen-bond donors (Lipinski definition) is 1. The number of hydrogen-bond acceptors (Lipinski definition) is 4. The van der Waals surface area contributed by atoms with Gasteiger partial charge >= 0.3 is 0 Å². The summed E-state index contributed by atoms with van der Waals surface area (Å²) in [7, 11) is 1.50. The van der Waals surface area contributed by atoms with Gasteiger partial charge in [0.1, 0.15) is 11.4 Å². The maximum atomic E-state index is 13.5. The van der Waals surface area contributed by atoms with Crippen molar-refractivity contribution in [2.75, 3.05) is 17.3 Å². The van der Waals surface area contributed by atoms with Gasteiger partial charge in [0.05, 0.1) is 23.4 Å². The van der Waals surface area contributed by atoms with E-state index in [0.29, 0.717) is 32.7 Å². The first-order chi connectivity index (χ1) is 15.3. The summed E-state index contributed by atoms with van der Waals surface area (Å²) in [6.45, 7) is 3.85. The Hall–Kier alpha value is -3.28. The molecule has 1 aliphatic heterocycles. The molecular weight excluding hydrogens is 447 g/mol. The maximum Gasteiger partial charge on any atom is 0.282 e. The molecule has 2 amide bonds. The molecule has 0 aromatic heterocycles. The van der Waals surface area contributed by atoms with Crippen LogP contribution in [0.4, 0.5) is 11.4 Å². The number of imide groups is 1. The van der Waals surface area contributed by atoms with Crippen LogP contribution < -0.4 is 15.0 Å². The predicted molar refractivity (Wildman–Crippen MR) is 128 cm³/mol. The van der Waals surface area contributed by atoms with Gasteiger partial charge in [0, 0.05) is 10.7 Å². The van der Waals surface area contributed by atoms with E-state index in [0.717, 1.165) is 16.0 Å². The van der Waals surface area contributed by atoms with Crippen molar-refractivity contribution in [3.05, 3.63) is 93.1 Å². The molecule has 0 bridgehead atoms. The lowest BCUT2D eigenvalue weighted by atomic mass is 10.0. The highest BCUT2D eigenvalue weighted by molar-refractivity contribution is 6.46. The quantitative estimate of drug-likeness (QED) is 0.467. The van der Waals surface area contributed by atoms with E-state index in [4.69, 9.17) is 27.9 Å². The van der Waals surface area contributed by atoms with Crippen molar-refractivity contribution in [2.45, 2.75) is 13.8 Å². The van der Waals surface area contributed by atoms with E-state index in [2.05, 4.69) is 5.32 Å². The summed E-state index contributed by atoms with van der Waals surface area (Å²) in [5.41, 5.74) is 4.03. The van der Waals surface area contributed by atoms with E-state index in [1.807, 2.05) is 44.2 Å². The van der Waals surface area contributed by atoms with Crippen LogP contribution in [0.25, 0.3) is 5.57 Å². The van der Waals surface area contributed by atoms with Gasteiger partial charge in [0.2, 0.25) is 0 Å². The van der Waals surface area contributed by atoms with Crippen LogP contribution in [0.15, 0.2) is 66.4 Å². The molecule has 0 atom stereocenters. The third-order valence-electron chi connectivity index (χ3n) is 5.28. The SMILES string of the molecule is COc1ccc(N2C(=O)C(Nc3cc(Cl)ccc3C)=C(c3ccc(C)cc3)C2=O)cc1Cl. The minimum absolute atomic E-state index is 0.177. The number of rotatable bonds is 5.